The third kappa shape index (κ3) is 3.69. The number of halogens is 1. The van der Waals surface area contributed by atoms with Gasteiger partial charge in [0.05, 0.1) is 5.56 Å². The molecule has 5 rings (SSSR count). The van der Waals surface area contributed by atoms with Crippen LogP contribution in [0.15, 0.2) is 48.5 Å². The van der Waals surface area contributed by atoms with Gasteiger partial charge in [0.25, 0.3) is 5.91 Å². The van der Waals surface area contributed by atoms with Crippen molar-refractivity contribution < 1.29 is 9.18 Å². The third-order valence-electron chi connectivity index (χ3n) is 6.19. The molecule has 0 saturated carbocycles. The molecule has 1 unspecified atom stereocenters. The van der Waals surface area contributed by atoms with E-state index in [1.807, 2.05) is 20.2 Å². The van der Waals surface area contributed by atoms with Gasteiger partial charge in [-0.15, -0.1) is 11.3 Å². The number of thiophene rings is 1. The predicted octanol–water partition coefficient (Wildman–Crippen LogP) is 5.28. The van der Waals surface area contributed by atoms with Crippen LogP contribution >= 0.6 is 11.3 Å². The SMILES string of the molecule is CN(C)c1ccc(C2NC(=O)c3c(sc4c3CCCC4)N2Cc2cccc(F)c2)cc1. The number of fused-ring (bicyclic) bond motifs is 3. The van der Waals surface area contributed by atoms with Crippen molar-refractivity contribution in [1.82, 2.24) is 5.32 Å². The molecule has 0 spiro atoms. The van der Waals surface area contributed by atoms with Gasteiger partial charge >= 0.3 is 0 Å². The maximum atomic E-state index is 13.9. The van der Waals surface area contributed by atoms with Crippen LogP contribution in [-0.4, -0.2) is 20.0 Å². The van der Waals surface area contributed by atoms with Gasteiger partial charge < -0.3 is 15.1 Å². The summed E-state index contributed by atoms with van der Waals surface area (Å²) in [7, 11) is 4.02. The molecule has 0 bridgehead atoms. The fourth-order valence-electron chi connectivity index (χ4n) is 4.59. The van der Waals surface area contributed by atoms with Gasteiger partial charge in [-0.3, -0.25) is 4.79 Å². The largest absolute Gasteiger partial charge is 0.378 e. The Morgan fingerprint density at radius 1 is 1.13 bits per heavy atom. The molecular weight excluding hydrogens is 409 g/mol. The minimum absolute atomic E-state index is 0.00609. The zero-order valence-electron chi connectivity index (χ0n) is 17.8. The maximum absolute atomic E-state index is 13.9. The first kappa shape index (κ1) is 20.1. The summed E-state index contributed by atoms with van der Waals surface area (Å²) in [6.45, 7) is 0.532. The van der Waals surface area contributed by atoms with Crippen molar-refractivity contribution in [3.63, 3.8) is 0 Å². The summed E-state index contributed by atoms with van der Waals surface area (Å²) in [5, 5.41) is 4.26. The Bertz CT molecular complexity index is 1120. The minimum atomic E-state index is -0.292. The second-order valence-electron chi connectivity index (χ2n) is 8.51. The van der Waals surface area contributed by atoms with Crippen LogP contribution in [0.5, 0.6) is 0 Å². The topological polar surface area (TPSA) is 35.6 Å². The number of hydrogen-bond donors (Lipinski definition) is 1. The fraction of sp³-hybridized carbons (Fsp3) is 0.320. The molecule has 4 nitrogen and oxygen atoms in total. The fourth-order valence-corrected chi connectivity index (χ4v) is 6.00. The quantitative estimate of drug-likeness (QED) is 0.606. The number of aryl methyl sites for hydroxylation is 1. The average molecular weight is 436 g/mol. The van der Waals surface area contributed by atoms with E-state index in [1.54, 1.807) is 23.5 Å². The molecule has 1 atom stereocenters. The van der Waals surface area contributed by atoms with Crippen LogP contribution in [0.4, 0.5) is 15.1 Å². The molecule has 1 aliphatic heterocycles. The van der Waals surface area contributed by atoms with Crippen LogP contribution in [0, 0.1) is 5.82 Å². The zero-order chi connectivity index (χ0) is 21.5. The first-order valence-electron chi connectivity index (χ1n) is 10.7. The lowest BCUT2D eigenvalue weighted by Crippen LogP contribution is -2.45. The Morgan fingerprint density at radius 3 is 2.65 bits per heavy atom. The van der Waals surface area contributed by atoms with E-state index in [1.165, 1.54) is 22.9 Å². The summed E-state index contributed by atoms with van der Waals surface area (Å²) in [5.41, 5.74) is 5.07. The Balaban J connectivity index is 1.59. The van der Waals surface area contributed by atoms with Crippen molar-refractivity contribution in [2.75, 3.05) is 23.9 Å². The van der Waals surface area contributed by atoms with E-state index in [-0.39, 0.29) is 17.9 Å². The normalized spacial score (nSPS) is 17.7. The number of benzene rings is 2. The van der Waals surface area contributed by atoms with E-state index < -0.39 is 0 Å². The van der Waals surface area contributed by atoms with Crippen molar-refractivity contribution in [2.24, 2.45) is 0 Å². The van der Waals surface area contributed by atoms with Gasteiger partial charge in [-0.05, 0) is 66.6 Å². The predicted molar refractivity (Wildman–Crippen MR) is 125 cm³/mol. The van der Waals surface area contributed by atoms with Gasteiger partial charge in [0, 0.05) is 31.2 Å². The lowest BCUT2D eigenvalue weighted by molar-refractivity contribution is 0.0925. The molecule has 0 radical (unpaired) electrons. The van der Waals surface area contributed by atoms with E-state index in [0.717, 1.165) is 46.6 Å². The second-order valence-corrected chi connectivity index (χ2v) is 9.59. The van der Waals surface area contributed by atoms with Crippen LogP contribution in [0.25, 0.3) is 0 Å². The monoisotopic (exact) mass is 435 g/mol. The summed E-state index contributed by atoms with van der Waals surface area (Å²) < 4.78 is 13.9. The number of hydrogen-bond acceptors (Lipinski definition) is 4. The van der Waals surface area contributed by atoms with Crippen LogP contribution in [-0.2, 0) is 19.4 Å². The zero-order valence-corrected chi connectivity index (χ0v) is 18.6. The van der Waals surface area contributed by atoms with E-state index >= 15 is 0 Å². The number of nitrogens with one attached hydrogen (secondary N) is 1. The van der Waals surface area contributed by atoms with Crippen LogP contribution in [0.1, 0.15) is 50.9 Å². The van der Waals surface area contributed by atoms with Crippen molar-refractivity contribution in [1.29, 1.82) is 0 Å². The van der Waals surface area contributed by atoms with Gasteiger partial charge in [-0.1, -0.05) is 24.3 Å². The van der Waals surface area contributed by atoms with Crippen LogP contribution < -0.4 is 15.1 Å². The summed E-state index contributed by atoms with van der Waals surface area (Å²) in [6.07, 6.45) is 4.01. The molecule has 6 heteroatoms. The van der Waals surface area contributed by atoms with Crippen LogP contribution in [0.3, 0.4) is 0 Å². The molecule has 1 aromatic heterocycles. The molecule has 1 aliphatic carbocycles. The standard InChI is InChI=1S/C25H26FN3OS/c1-28(2)19-12-10-17(11-13-19)23-27-24(30)22-20-8-3-4-9-21(20)31-25(22)29(23)15-16-6-5-7-18(26)14-16/h5-7,10-14,23H,3-4,8-9,15H2,1-2H3,(H,27,30). The number of rotatable bonds is 4. The van der Waals surface area contributed by atoms with E-state index in [9.17, 15) is 9.18 Å². The maximum Gasteiger partial charge on any atom is 0.256 e. The molecule has 3 aromatic rings. The van der Waals surface area contributed by atoms with E-state index in [2.05, 4.69) is 39.4 Å². The number of anilines is 2. The number of nitrogens with zero attached hydrogens (tertiary/aromatic N) is 2. The van der Waals surface area contributed by atoms with E-state index in [0.29, 0.717) is 6.54 Å². The van der Waals surface area contributed by atoms with Crippen molar-refractivity contribution >= 4 is 27.9 Å². The highest BCUT2D eigenvalue weighted by molar-refractivity contribution is 7.16. The number of amides is 1. The Hall–Kier alpha value is -2.86. The van der Waals surface area contributed by atoms with Gasteiger partial charge in [-0.2, -0.15) is 0 Å². The summed E-state index contributed by atoms with van der Waals surface area (Å²) in [6, 6.07) is 15.0. The molecule has 2 heterocycles. The van der Waals surface area contributed by atoms with Crippen molar-refractivity contribution in [3.05, 3.63) is 81.5 Å². The molecule has 1 N–H and O–H groups in total. The smallest absolute Gasteiger partial charge is 0.256 e. The number of carbonyl (C=O) groups excluding carboxylic acids is 1. The molecule has 160 valence electrons. The Kier molecular flexibility index (Phi) is 5.18. The molecule has 0 saturated heterocycles. The summed E-state index contributed by atoms with van der Waals surface area (Å²) in [4.78, 5) is 18.9. The highest BCUT2D eigenvalue weighted by atomic mass is 32.1. The molecule has 2 aromatic carbocycles. The molecule has 0 fully saturated rings. The van der Waals surface area contributed by atoms with Crippen LogP contribution in [0.2, 0.25) is 0 Å². The highest BCUT2D eigenvalue weighted by Gasteiger charge is 2.37. The first-order chi connectivity index (χ1) is 15.0. The second kappa shape index (κ2) is 8.00. The lowest BCUT2D eigenvalue weighted by atomic mass is 9.94. The Labute approximate surface area is 186 Å². The highest BCUT2D eigenvalue weighted by Crippen LogP contribution is 2.45. The Morgan fingerprint density at radius 2 is 1.90 bits per heavy atom. The molecule has 31 heavy (non-hydrogen) atoms. The van der Waals surface area contributed by atoms with Crippen molar-refractivity contribution in [3.8, 4) is 0 Å². The van der Waals surface area contributed by atoms with Gasteiger partial charge in [0.1, 0.15) is 17.0 Å². The summed E-state index contributed by atoms with van der Waals surface area (Å²) >= 11 is 1.74. The van der Waals surface area contributed by atoms with Gasteiger partial charge in [-0.25, -0.2) is 4.39 Å². The lowest BCUT2D eigenvalue weighted by Gasteiger charge is -2.38. The molecule has 2 aliphatic rings. The molecular formula is C25H26FN3OS. The molecule has 1 amide bonds. The average Bonchev–Trinajstić information content (AvgIpc) is 3.16. The van der Waals surface area contributed by atoms with Crippen molar-refractivity contribution in [2.45, 2.75) is 38.4 Å². The van der Waals surface area contributed by atoms with Gasteiger partial charge in [0.15, 0.2) is 0 Å². The minimum Gasteiger partial charge on any atom is -0.378 e. The van der Waals surface area contributed by atoms with Gasteiger partial charge in [0.2, 0.25) is 0 Å². The summed E-state index contributed by atoms with van der Waals surface area (Å²) in [5.74, 6) is -0.234. The third-order valence-corrected chi connectivity index (χ3v) is 7.52. The number of carbonyl (C=O) groups is 1. The first-order valence-corrected chi connectivity index (χ1v) is 11.6. The van der Waals surface area contributed by atoms with E-state index in [4.69, 9.17) is 0 Å².